The minimum Gasteiger partial charge on any atom is -0.281 e. The Morgan fingerprint density at radius 3 is 2.71 bits per heavy atom. The molecule has 0 saturated carbocycles. The van der Waals surface area contributed by atoms with Crippen LogP contribution in [0.1, 0.15) is 22.8 Å². The van der Waals surface area contributed by atoms with Gasteiger partial charge in [0.2, 0.25) is 5.24 Å². The van der Waals surface area contributed by atoms with E-state index in [-0.39, 0.29) is 11.2 Å². The molecule has 0 aliphatic carbocycles. The number of rotatable bonds is 4. The summed E-state index contributed by atoms with van der Waals surface area (Å²) in [5, 5.41) is 2.33. The van der Waals surface area contributed by atoms with Crippen molar-refractivity contribution in [1.29, 1.82) is 0 Å². The molecule has 2 aromatic rings. The highest BCUT2D eigenvalue weighted by molar-refractivity contribution is 7.10. The Morgan fingerprint density at radius 1 is 1.29 bits per heavy atom. The molecule has 0 aliphatic rings. The molecule has 0 radical (unpaired) electrons. The fourth-order valence-corrected chi connectivity index (χ4v) is 2.96. The van der Waals surface area contributed by atoms with E-state index in [9.17, 15) is 4.79 Å². The van der Waals surface area contributed by atoms with Gasteiger partial charge >= 0.3 is 0 Å². The van der Waals surface area contributed by atoms with Crippen LogP contribution in [0.3, 0.4) is 0 Å². The van der Waals surface area contributed by atoms with E-state index in [1.54, 1.807) is 11.3 Å². The maximum absolute atomic E-state index is 11.1. The molecule has 0 N–H and O–H groups in total. The van der Waals surface area contributed by atoms with Crippen molar-refractivity contribution in [2.24, 2.45) is 0 Å². The van der Waals surface area contributed by atoms with Gasteiger partial charge in [-0.05, 0) is 40.7 Å². The van der Waals surface area contributed by atoms with Crippen molar-refractivity contribution in [3.05, 3.63) is 57.2 Å². The second kappa shape index (κ2) is 5.67. The summed E-state index contributed by atoms with van der Waals surface area (Å²) in [4.78, 5) is 12.3. The van der Waals surface area contributed by atoms with Crippen molar-refractivity contribution in [1.82, 2.24) is 0 Å². The summed E-state index contributed by atoms with van der Waals surface area (Å²) in [6, 6.07) is 11.5. The molecule has 0 fully saturated rings. The highest BCUT2D eigenvalue weighted by atomic mass is 35.5. The number of halogens is 2. The van der Waals surface area contributed by atoms with Gasteiger partial charge < -0.3 is 0 Å². The number of hydrogen-bond acceptors (Lipinski definition) is 2. The van der Waals surface area contributed by atoms with E-state index < -0.39 is 0 Å². The van der Waals surface area contributed by atoms with Crippen LogP contribution in [0, 0.1) is 0 Å². The molecule has 17 heavy (non-hydrogen) atoms. The molecule has 1 unspecified atom stereocenters. The zero-order valence-electron chi connectivity index (χ0n) is 8.90. The van der Waals surface area contributed by atoms with Crippen molar-refractivity contribution in [3.8, 4) is 0 Å². The molecule has 1 atom stereocenters. The van der Waals surface area contributed by atoms with Gasteiger partial charge in [0.1, 0.15) is 0 Å². The van der Waals surface area contributed by atoms with Gasteiger partial charge in [0.05, 0.1) is 0 Å². The zero-order valence-corrected chi connectivity index (χ0v) is 11.2. The number of hydrogen-bond donors (Lipinski definition) is 0. The standard InChI is InChI=1S/C13H10Cl2OS/c14-10-4-1-3-9(7-10)11(8-13(15)16)12-5-2-6-17-12/h1-7,11H,8H2. The summed E-state index contributed by atoms with van der Waals surface area (Å²) >= 11 is 13.1. The van der Waals surface area contributed by atoms with Gasteiger partial charge in [-0.3, -0.25) is 4.79 Å². The first-order valence-corrected chi connectivity index (χ1v) is 6.77. The van der Waals surface area contributed by atoms with Crippen LogP contribution in [0.15, 0.2) is 41.8 Å². The van der Waals surface area contributed by atoms with Gasteiger partial charge in [0, 0.05) is 22.2 Å². The van der Waals surface area contributed by atoms with E-state index in [1.165, 1.54) is 0 Å². The lowest BCUT2D eigenvalue weighted by atomic mass is 9.95. The van der Waals surface area contributed by atoms with Crippen LogP contribution in [0.5, 0.6) is 0 Å². The molecule has 88 valence electrons. The van der Waals surface area contributed by atoms with E-state index in [0.717, 1.165) is 10.4 Å². The van der Waals surface area contributed by atoms with Crippen LogP contribution >= 0.6 is 34.5 Å². The number of thiophene rings is 1. The lowest BCUT2D eigenvalue weighted by Crippen LogP contribution is -2.03. The van der Waals surface area contributed by atoms with Crippen LogP contribution < -0.4 is 0 Å². The molecule has 4 heteroatoms. The second-order valence-electron chi connectivity index (χ2n) is 3.68. The van der Waals surface area contributed by atoms with Gasteiger partial charge in [-0.1, -0.05) is 29.8 Å². The largest absolute Gasteiger partial charge is 0.281 e. The lowest BCUT2D eigenvalue weighted by Gasteiger charge is -2.14. The summed E-state index contributed by atoms with van der Waals surface area (Å²) < 4.78 is 0. The highest BCUT2D eigenvalue weighted by Gasteiger charge is 2.18. The van der Waals surface area contributed by atoms with E-state index in [1.807, 2.05) is 41.8 Å². The summed E-state index contributed by atoms with van der Waals surface area (Å²) in [5.41, 5.74) is 1.02. The predicted molar refractivity (Wildman–Crippen MR) is 73.1 cm³/mol. The van der Waals surface area contributed by atoms with Crippen LogP contribution in [0.4, 0.5) is 0 Å². The molecule has 1 heterocycles. The molecule has 1 nitrogen and oxygen atoms in total. The van der Waals surface area contributed by atoms with Crippen LogP contribution in [-0.4, -0.2) is 5.24 Å². The molecule has 0 amide bonds. The first kappa shape index (κ1) is 12.6. The summed E-state index contributed by atoms with van der Waals surface area (Å²) in [5.74, 6) is -0.00120. The van der Waals surface area contributed by atoms with E-state index in [2.05, 4.69) is 0 Å². The van der Waals surface area contributed by atoms with Crippen molar-refractivity contribution < 1.29 is 4.79 Å². The molecule has 0 bridgehead atoms. The van der Waals surface area contributed by atoms with Gasteiger partial charge in [-0.2, -0.15) is 0 Å². The molecule has 1 aromatic heterocycles. The van der Waals surface area contributed by atoms with Crippen molar-refractivity contribution >= 4 is 39.8 Å². The monoisotopic (exact) mass is 284 g/mol. The number of carbonyl (C=O) groups is 1. The zero-order chi connectivity index (χ0) is 12.3. The first-order valence-electron chi connectivity index (χ1n) is 5.14. The first-order chi connectivity index (χ1) is 8.16. The van der Waals surface area contributed by atoms with Crippen LogP contribution in [0.25, 0.3) is 0 Å². The van der Waals surface area contributed by atoms with Gasteiger partial charge in [0.25, 0.3) is 0 Å². The molecule has 0 aliphatic heterocycles. The minimum atomic E-state index is -0.330. The molecular formula is C13H10Cl2OS. The van der Waals surface area contributed by atoms with Crippen molar-refractivity contribution in [2.45, 2.75) is 12.3 Å². The third-order valence-corrected chi connectivity index (χ3v) is 3.88. The predicted octanol–water partition coefficient (Wildman–Crippen LogP) is 4.69. The summed E-state index contributed by atoms with van der Waals surface area (Å²) in [7, 11) is 0. The SMILES string of the molecule is O=C(Cl)CC(c1cccc(Cl)c1)c1cccs1. The minimum absolute atomic E-state index is 0.00120. The fourth-order valence-electron chi connectivity index (χ4n) is 1.76. The third kappa shape index (κ3) is 3.32. The molecular weight excluding hydrogens is 275 g/mol. The van der Waals surface area contributed by atoms with Crippen LogP contribution in [0.2, 0.25) is 5.02 Å². The molecule has 2 rings (SSSR count). The quantitative estimate of drug-likeness (QED) is 0.745. The van der Waals surface area contributed by atoms with Crippen LogP contribution in [-0.2, 0) is 4.79 Å². The number of benzene rings is 1. The average molecular weight is 285 g/mol. The maximum atomic E-state index is 11.1. The van der Waals surface area contributed by atoms with Gasteiger partial charge in [0.15, 0.2) is 0 Å². The number of carbonyl (C=O) groups excluding carboxylic acids is 1. The molecule has 0 spiro atoms. The normalized spacial score (nSPS) is 12.4. The lowest BCUT2D eigenvalue weighted by molar-refractivity contribution is -0.111. The van der Waals surface area contributed by atoms with Crippen molar-refractivity contribution in [2.75, 3.05) is 0 Å². The molecule has 0 saturated heterocycles. The fraction of sp³-hybridized carbons (Fsp3) is 0.154. The highest BCUT2D eigenvalue weighted by Crippen LogP contribution is 2.32. The Hall–Kier alpha value is -0.830. The Morgan fingerprint density at radius 2 is 2.12 bits per heavy atom. The summed E-state index contributed by atoms with van der Waals surface area (Å²) in [6.45, 7) is 0. The third-order valence-electron chi connectivity index (χ3n) is 2.50. The maximum Gasteiger partial charge on any atom is 0.222 e. The van der Waals surface area contributed by atoms with Gasteiger partial charge in [-0.25, -0.2) is 0 Å². The Kier molecular flexibility index (Phi) is 4.21. The van der Waals surface area contributed by atoms with Crippen molar-refractivity contribution in [3.63, 3.8) is 0 Å². The Balaban J connectivity index is 2.36. The second-order valence-corrected chi connectivity index (χ2v) is 5.52. The topological polar surface area (TPSA) is 17.1 Å². The smallest absolute Gasteiger partial charge is 0.222 e. The Bertz CT molecular complexity index is 508. The summed E-state index contributed by atoms with van der Waals surface area (Å²) in [6.07, 6.45) is 0.294. The average Bonchev–Trinajstić information content (AvgIpc) is 2.79. The Labute approximate surface area is 114 Å². The van der Waals surface area contributed by atoms with E-state index in [0.29, 0.717) is 11.4 Å². The molecule has 1 aromatic carbocycles. The van der Waals surface area contributed by atoms with E-state index in [4.69, 9.17) is 23.2 Å². The van der Waals surface area contributed by atoms with E-state index >= 15 is 0 Å². The van der Waals surface area contributed by atoms with Gasteiger partial charge in [-0.15, -0.1) is 11.3 Å².